The first-order chi connectivity index (χ1) is 15.0. The zero-order chi connectivity index (χ0) is 22.4. The van der Waals surface area contributed by atoms with Crippen LogP contribution in [0.5, 0.6) is 11.5 Å². The van der Waals surface area contributed by atoms with Crippen molar-refractivity contribution < 1.29 is 29.3 Å². The van der Waals surface area contributed by atoms with E-state index in [-0.39, 0.29) is 24.5 Å². The van der Waals surface area contributed by atoms with E-state index in [1.54, 1.807) is 55.6 Å². The number of ether oxygens (including phenoxy) is 2. The minimum Gasteiger partial charge on any atom is -0.507 e. The Labute approximate surface area is 180 Å². The van der Waals surface area contributed by atoms with Crippen molar-refractivity contribution in [3.8, 4) is 11.5 Å². The summed E-state index contributed by atoms with van der Waals surface area (Å²) in [4.78, 5) is 27.2. The summed E-state index contributed by atoms with van der Waals surface area (Å²) in [5.41, 5.74) is 1.12. The molecule has 1 aliphatic rings. The monoisotopic (exact) mass is 426 g/mol. The second-order valence-electron chi connectivity index (χ2n) is 6.97. The summed E-state index contributed by atoms with van der Waals surface area (Å²) in [6.07, 6.45) is 0. The van der Waals surface area contributed by atoms with Crippen LogP contribution in [0.3, 0.4) is 0 Å². The lowest BCUT2D eigenvalue weighted by Crippen LogP contribution is -2.36. The summed E-state index contributed by atoms with van der Waals surface area (Å²) in [5.74, 6) is -0.412. The number of rotatable bonds is 9. The number of nitrogens with one attached hydrogen (secondary N) is 1. The fourth-order valence-electron chi connectivity index (χ4n) is 3.55. The van der Waals surface area contributed by atoms with Crippen LogP contribution in [0.15, 0.2) is 54.1 Å². The standard InChI is InChI=1S/C23H26N2O6/c1-30-17-7-3-15(4-8-17)20-19(21(27)16-5-9-18(31-2)10-6-16)22(28)23(29)25(20)13-11-24-12-14-26/h3-10,20,24,26-27H,11-14H2,1-2H3. The van der Waals surface area contributed by atoms with Crippen molar-refractivity contribution in [3.05, 3.63) is 65.2 Å². The molecule has 0 aliphatic carbocycles. The Morgan fingerprint density at radius 3 is 2.10 bits per heavy atom. The van der Waals surface area contributed by atoms with Gasteiger partial charge in [0.05, 0.1) is 32.4 Å². The number of carbonyl (C=O) groups excluding carboxylic acids is 2. The molecule has 0 radical (unpaired) electrons. The van der Waals surface area contributed by atoms with E-state index < -0.39 is 17.7 Å². The first-order valence-corrected chi connectivity index (χ1v) is 9.90. The molecule has 0 saturated carbocycles. The smallest absolute Gasteiger partial charge is 0.295 e. The van der Waals surface area contributed by atoms with E-state index in [0.29, 0.717) is 35.7 Å². The van der Waals surface area contributed by atoms with E-state index >= 15 is 0 Å². The molecule has 2 aromatic carbocycles. The van der Waals surface area contributed by atoms with Crippen molar-refractivity contribution >= 4 is 17.4 Å². The topological polar surface area (TPSA) is 108 Å². The van der Waals surface area contributed by atoms with Gasteiger partial charge in [-0.2, -0.15) is 0 Å². The Bertz CT molecular complexity index is 953. The van der Waals surface area contributed by atoms with E-state index in [2.05, 4.69) is 5.32 Å². The number of aliphatic hydroxyl groups is 2. The van der Waals surface area contributed by atoms with Crippen LogP contribution >= 0.6 is 0 Å². The van der Waals surface area contributed by atoms with Gasteiger partial charge in [-0.05, 0) is 42.0 Å². The van der Waals surface area contributed by atoms with Crippen molar-refractivity contribution in [2.45, 2.75) is 6.04 Å². The van der Waals surface area contributed by atoms with Gasteiger partial charge in [0, 0.05) is 25.2 Å². The SMILES string of the molecule is COc1ccc(C(O)=C2C(=O)C(=O)N(CCNCCO)C2c2ccc(OC)cc2)cc1. The van der Waals surface area contributed by atoms with E-state index in [0.717, 1.165) is 0 Å². The fourth-order valence-corrected chi connectivity index (χ4v) is 3.55. The largest absolute Gasteiger partial charge is 0.507 e. The predicted molar refractivity (Wildman–Crippen MR) is 115 cm³/mol. The zero-order valence-corrected chi connectivity index (χ0v) is 17.5. The van der Waals surface area contributed by atoms with E-state index in [4.69, 9.17) is 14.6 Å². The molecule has 3 rings (SSSR count). The Kier molecular flexibility index (Phi) is 7.28. The summed E-state index contributed by atoms with van der Waals surface area (Å²) >= 11 is 0. The van der Waals surface area contributed by atoms with Gasteiger partial charge in [0.2, 0.25) is 0 Å². The second-order valence-corrected chi connectivity index (χ2v) is 6.97. The molecule has 2 aromatic rings. The molecule has 3 N–H and O–H groups in total. The molecule has 1 unspecified atom stereocenters. The molecule has 1 saturated heterocycles. The molecule has 8 heteroatoms. The minimum atomic E-state index is -0.746. The minimum absolute atomic E-state index is 0.0296. The Morgan fingerprint density at radius 1 is 0.968 bits per heavy atom. The number of ketones is 1. The molecule has 0 spiro atoms. The summed E-state index contributed by atoms with van der Waals surface area (Å²) in [7, 11) is 3.09. The summed E-state index contributed by atoms with van der Waals surface area (Å²) < 4.78 is 10.3. The summed E-state index contributed by atoms with van der Waals surface area (Å²) in [5, 5.41) is 23.0. The normalized spacial score (nSPS) is 17.8. The Balaban J connectivity index is 2.04. The van der Waals surface area contributed by atoms with Gasteiger partial charge in [-0.25, -0.2) is 0 Å². The van der Waals surface area contributed by atoms with Gasteiger partial charge < -0.3 is 29.9 Å². The molecule has 164 valence electrons. The highest BCUT2D eigenvalue weighted by Gasteiger charge is 2.45. The van der Waals surface area contributed by atoms with Gasteiger partial charge in [0.1, 0.15) is 17.3 Å². The van der Waals surface area contributed by atoms with Crippen molar-refractivity contribution in [3.63, 3.8) is 0 Å². The van der Waals surface area contributed by atoms with E-state index in [9.17, 15) is 14.7 Å². The summed E-state index contributed by atoms with van der Waals surface area (Å²) in [6.45, 7) is 0.977. The molecule has 8 nitrogen and oxygen atoms in total. The maximum absolute atomic E-state index is 12.9. The van der Waals surface area contributed by atoms with E-state index in [1.807, 2.05) is 0 Å². The lowest BCUT2D eigenvalue weighted by Gasteiger charge is -2.25. The van der Waals surface area contributed by atoms with Gasteiger partial charge in [-0.15, -0.1) is 0 Å². The number of methoxy groups -OCH3 is 2. The fraction of sp³-hybridized carbons (Fsp3) is 0.304. The maximum atomic E-state index is 12.9. The van der Waals surface area contributed by atoms with Crippen molar-refractivity contribution in [1.82, 2.24) is 10.2 Å². The first kappa shape index (κ1) is 22.3. The maximum Gasteiger partial charge on any atom is 0.295 e. The number of likely N-dealkylation sites (tertiary alicyclic amines) is 1. The molecular weight excluding hydrogens is 400 g/mol. The van der Waals surface area contributed by atoms with Crippen LogP contribution in [0, 0.1) is 0 Å². The molecular formula is C23H26N2O6. The third-order valence-corrected chi connectivity index (χ3v) is 5.15. The average molecular weight is 426 g/mol. The lowest BCUT2D eigenvalue weighted by molar-refractivity contribution is -0.139. The molecule has 1 aliphatic heterocycles. The number of carbonyl (C=O) groups is 2. The van der Waals surface area contributed by atoms with Gasteiger partial charge in [0.25, 0.3) is 11.7 Å². The third kappa shape index (κ3) is 4.70. The third-order valence-electron chi connectivity index (χ3n) is 5.15. The number of nitrogens with zero attached hydrogens (tertiary/aromatic N) is 1. The number of amides is 1. The molecule has 1 heterocycles. The lowest BCUT2D eigenvalue weighted by atomic mass is 9.95. The van der Waals surface area contributed by atoms with Crippen LogP contribution < -0.4 is 14.8 Å². The van der Waals surface area contributed by atoms with Crippen molar-refractivity contribution in [2.75, 3.05) is 40.5 Å². The van der Waals surface area contributed by atoms with Crippen LogP contribution in [0.2, 0.25) is 0 Å². The van der Waals surface area contributed by atoms with Crippen LogP contribution in [0.4, 0.5) is 0 Å². The average Bonchev–Trinajstić information content (AvgIpc) is 3.06. The number of Topliss-reactive ketones (excluding diaryl/α,β-unsaturated/α-hetero) is 1. The molecule has 31 heavy (non-hydrogen) atoms. The molecule has 1 atom stereocenters. The van der Waals surface area contributed by atoms with Gasteiger partial charge in [-0.3, -0.25) is 9.59 Å². The Hall–Kier alpha value is -3.36. The highest BCUT2D eigenvalue weighted by molar-refractivity contribution is 6.46. The number of aliphatic hydroxyl groups excluding tert-OH is 2. The molecule has 0 aromatic heterocycles. The van der Waals surface area contributed by atoms with Gasteiger partial charge >= 0.3 is 0 Å². The number of hydrogen-bond donors (Lipinski definition) is 3. The van der Waals surface area contributed by atoms with Crippen molar-refractivity contribution in [1.29, 1.82) is 0 Å². The van der Waals surface area contributed by atoms with Crippen LogP contribution in [0.25, 0.3) is 5.76 Å². The van der Waals surface area contributed by atoms with Crippen LogP contribution in [0.1, 0.15) is 17.2 Å². The van der Waals surface area contributed by atoms with Gasteiger partial charge in [-0.1, -0.05) is 12.1 Å². The zero-order valence-electron chi connectivity index (χ0n) is 17.5. The van der Waals surface area contributed by atoms with Crippen LogP contribution in [-0.4, -0.2) is 67.3 Å². The highest BCUT2D eigenvalue weighted by Crippen LogP contribution is 2.39. The Morgan fingerprint density at radius 2 is 1.55 bits per heavy atom. The second kappa shape index (κ2) is 10.1. The van der Waals surface area contributed by atoms with Gasteiger partial charge in [0.15, 0.2) is 0 Å². The number of benzene rings is 2. The summed E-state index contributed by atoms with van der Waals surface area (Å²) in [6, 6.07) is 12.9. The first-order valence-electron chi connectivity index (χ1n) is 9.90. The van der Waals surface area contributed by atoms with E-state index in [1.165, 1.54) is 12.0 Å². The molecule has 1 amide bonds. The predicted octanol–water partition coefficient (Wildman–Crippen LogP) is 1.71. The molecule has 1 fully saturated rings. The quantitative estimate of drug-likeness (QED) is 0.242. The van der Waals surface area contributed by atoms with Crippen LogP contribution in [-0.2, 0) is 9.59 Å². The number of hydrogen-bond acceptors (Lipinski definition) is 7. The highest BCUT2D eigenvalue weighted by atomic mass is 16.5. The molecule has 0 bridgehead atoms. The van der Waals surface area contributed by atoms with Crippen molar-refractivity contribution in [2.24, 2.45) is 0 Å².